The quantitative estimate of drug-likeness (QED) is 0.461. The average molecular weight is 261 g/mol. The first-order chi connectivity index (χ1) is 8.76. The van der Waals surface area contributed by atoms with Crippen molar-refractivity contribution in [3.63, 3.8) is 0 Å². The molecule has 0 saturated carbocycles. The monoisotopic (exact) mass is 261 g/mol. The van der Waals surface area contributed by atoms with Crippen LogP contribution in [0.15, 0.2) is 30.1 Å². The molecule has 1 aliphatic rings. The summed E-state index contributed by atoms with van der Waals surface area (Å²) in [6.45, 7) is 4.79. The lowest BCUT2D eigenvalue weighted by molar-refractivity contribution is 0.626. The summed E-state index contributed by atoms with van der Waals surface area (Å²) in [6.07, 6.45) is 12.2. The molecule has 0 bridgehead atoms. The van der Waals surface area contributed by atoms with Crippen molar-refractivity contribution < 1.29 is 0 Å². The fourth-order valence-corrected chi connectivity index (χ4v) is 5.92. The first kappa shape index (κ1) is 13.8. The molecule has 1 atom stereocenters. The molecule has 0 fully saturated rings. The van der Waals surface area contributed by atoms with E-state index >= 15 is 0 Å². The summed E-state index contributed by atoms with van der Waals surface area (Å²) in [5.74, 6) is 2.52. The highest BCUT2D eigenvalue weighted by molar-refractivity contribution is 7.85. The smallest absolute Gasteiger partial charge is 0.0175 e. The lowest BCUT2D eigenvalue weighted by Gasteiger charge is -2.26. The first-order valence-corrected chi connectivity index (χ1v) is 9.89. The van der Waals surface area contributed by atoms with E-state index in [1.54, 1.807) is 5.30 Å². The highest BCUT2D eigenvalue weighted by Crippen LogP contribution is 2.60. The van der Waals surface area contributed by atoms with Crippen LogP contribution in [0.25, 0.3) is 6.08 Å². The third-order valence-electron chi connectivity index (χ3n) is 4.05. The Morgan fingerprint density at radius 3 is 2.50 bits per heavy atom. The Bertz CT molecular complexity index is 408. The van der Waals surface area contributed by atoms with Gasteiger partial charge in [-0.25, -0.2) is 0 Å². The van der Waals surface area contributed by atoms with Crippen LogP contribution >= 0.6 is 7.26 Å². The van der Waals surface area contributed by atoms with E-state index in [2.05, 4.69) is 49.7 Å². The second-order valence-corrected chi connectivity index (χ2v) is 9.40. The predicted molar refractivity (Wildman–Crippen MR) is 86.2 cm³/mol. The van der Waals surface area contributed by atoms with E-state index in [1.807, 2.05) is 0 Å². The minimum Gasteiger partial charge on any atom is -0.0796 e. The zero-order valence-electron chi connectivity index (χ0n) is 11.9. The molecule has 1 aromatic rings. The van der Waals surface area contributed by atoms with Crippen molar-refractivity contribution in [2.24, 2.45) is 0 Å². The Morgan fingerprint density at radius 1 is 0.944 bits per heavy atom. The van der Waals surface area contributed by atoms with Crippen molar-refractivity contribution in [1.29, 1.82) is 0 Å². The summed E-state index contributed by atoms with van der Waals surface area (Å²) >= 11 is 0. The second kappa shape index (κ2) is 6.53. The van der Waals surface area contributed by atoms with Crippen LogP contribution in [0.3, 0.4) is 0 Å². The fourth-order valence-electron chi connectivity index (χ4n) is 2.83. The minimum atomic E-state index is -0.946. The Balaban J connectivity index is 1.81. The van der Waals surface area contributed by atoms with E-state index in [1.165, 1.54) is 50.3 Å². The van der Waals surface area contributed by atoms with Gasteiger partial charge >= 0.3 is 0 Å². The van der Waals surface area contributed by atoms with E-state index in [9.17, 15) is 0 Å². The Morgan fingerprint density at radius 2 is 1.67 bits per heavy atom. The lowest BCUT2D eigenvalue weighted by Crippen LogP contribution is -2.10. The maximum atomic E-state index is 2.52. The third-order valence-corrected chi connectivity index (χ3v) is 7.61. The summed E-state index contributed by atoms with van der Waals surface area (Å²) in [6, 6.07) is 8.97. The summed E-state index contributed by atoms with van der Waals surface area (Å²) in [5, 5.41) is 1.64. The van der Waals surface area contributed by atoms with Gasteiger partial charge in [-0.2, -0.15) is 0 Å². The maximum absolute atomic E-state index is 2.52. The molecule has 0 nitrogen and oxygen atoms in total. The topological polar surface area (TPSA) is 0 Å². The predicted octanol–water partition coefficient (Wildman–Crippen LogP) is 5.30. The maximum Gasteiger partial charge on any atom is -0.0175 e. The van der Waals surface area contributed by atoms with Gasteiger partial charge in [-0.05, 0) is 30.1 Å². The zero-order chi connectivity index (χ0) is 12.8. The molecule has 0 spiro atoms. The summed E-state index contributed by atoms with van der Waals surface area (Å²) in [4.78, 5) is 0. The largest absolute Gasteiger partial charge is 0.0796 e. The Hall–Kier alpha value is -0.610. The molecule has 0 amide bonds. The standard InChI is InChI=1S/C17H26P/c1-3-4-5-6-7-10-14-18(2)15-13-16-11-8-9-12-17(16)18/h8-9,11-13,15H,3-7,10,14H2,1-2H3. The molecular weight excluding hydrogens is 235 g/mol. The van der Waals surface area contributed by atoms with E-state index < -0.39 is 7.26 Å². The Labute approximate surface area is 113 Å². The van der Waals surface area contributed by atoms with E-state index in [0.29, 0.717) is 0 Å². The van der Waals surface area contributed by atoms with Crippen LogP contribution in [0, 0.1) is 0 Å². The first-order valence-electron chi connectivity index (χ1n) is 7.40. The van der Waals surface area contributed by atoms with E-state index in [-0.39, 0.29) is 0 Å². The van der Waals surface area contributed by atoms with Crippen LogP contribution in [0.1, 0.15) is 51.0 Å². The highest BCUT2D eigenvalue weighted by Gasteiger charge is 2.26. The molecule has 1 radical (unpaired) electrons. The molecule has 2 rings (SSSR count). The average Bonchev–Trinajstić information content (AvgIpc) is 2.73. The van der Waals surface area contributed by atoms with Gasteiger partial charge in [0.15, 0.2) is 0 Å². The molecule has 1 unspecified atom stereocenters. The molecule has 0 N–H and O–H groups in total. The van der Waals surface area contributed by atoms with Crippen LogP contribution in [-0.4, -0.2) is 12.8 Å². The van der Waals surface area contributed by atoms with Gasteiger partial charge < -0.3 is 0 Å². The van der Waals surface area contributed by atoms with Gasteiger partial charge in [0.2, 0.25) is 0 Å². The van der Waals surface area contributed by atoms with Gasteiger partial charge in [0, 0.05) is 0 Å². The van der Waals surface area contributed by atoms with Gasteiger partial charge in [0.1, 0.15) is 0 Å². The number of hydrogen-bond donors (Lipinski definition) is 0. The molecule has 1 aliphatic heterocycles. The van der Waals surface area contributed by atoms with Crippen LogP contribution in [0.4, 0.5) is 0 Å². The van der Waals surface area contributed by atoms with Crippen LogP contribution < -0.4 is 5.30 Å². The zero-order valence-corrected chi connectivity index (χ0v) is 12.8. The van der Waals surface area contributed by atoms with Gasteiger partial charge in [0.05, 0.1) is 0 Å². The summed E-state index contributed by atoms with van der Waals surface area (Å²) < 4.78 is 0. The summed E-state index contributed by atoms with van der Waals surface area (Å²) in [5.41, 5.74) is 1.47. The number of unbranched alkanes of at least 4 members (excludes halogenated alkanes) is 5. The normalized spacial score (nSPS) is 21.2. The molecule has 1 aromatic carbocycles. The minimum absolute atomic E-state index is 0.946. The van der Waals surface area contributed by atoms with Crippen molar-refractivity contribution >= 4 is 18.6 Å². The SMILES string of the molecule is CCCCCCCC[P]1(C)C=Cc2ccccc21. The van der Waals surface area contributed by atoms with Gasteiger partial charge in [0.25, 0.3) is 0 Å². The Kier molecular flexibility index (Phi) is 5.01. The van der Waals surface area contributed by atoms with Crippen molar-refractivity contribution in [3.05, 3.63) is 35.6 Å². The van der Waals surface area contributed by atoms with E-state index in [0.717, 1.165) is 0 Å². The fraction of sp³-hybridized carbons (Fsp3) is 0.529. The van der Waals surface area contributed by atoms with Crippen LogP contribution in [0.5, 0.6) is 0 Å². The lowest BCUT2D eigenvalue weighted by atomic mass is 10.1. The van der Waals surface area contributed by atoms with Crippen molar-refractivity contribution in [2.75, 3.05) is 12.8 Å². The molecule has 0 saturated heterocycles. The van der Waals surface area contributed by atoms with Crippen LogP contribution in [-0.2, 0) is 0 Å². The molecule has 18 heavy (non-hydrogen) atoms. The molecule has 0 aliphatic carbocycles. The number of rotatable bonds is 7. The van der Waals surface area contributed by atoms with Crippen LogP contribution in [0.2, 0.25) is 0 Å². The highest BCUT2D eigenvalue weighted by atomic mass is 31.2. The van der Waals surface area contributed by atoms with Gasteiger partial charge in [-0.15, -0.1) is 0 Å². The second-order valence-electron chi connectivity index (χ2n) is 5.63. The van der Waals surface area contributed by atoms with Crippen molar-refractivity contribution in [2.45, 2.75) is 45.4 Å². The van der Waals surface area contributed by atoms with E-state index in [4.69, 9.17) is 0 Å². The molecule has 0 aromatic heterocycles. The third kappa shape index (κ3) is 3.23. The number of hydrogen-bond acceptors (Lipinski definition) is 0. The molecular formula is C17H26P. The number of fused-ring (bicyclic) bond motifs is 1. The summed E-state index contributed by atoms with van der Waals surface area (Å²) in [7, 11) is -0.946. The van der Waals surface area contributed by atoms with Gasteiger partial charge in [-0.3, -0.25) is 0 Å². The molecule has 1 heteroatoms. The van der Waals surface area contributed by atoms with Crippen molar-refractivity contribution in [3.8, 4) is 0 Å². The van der Waals surface area contributed by atoms with Crippen molar-refractivity contribution in [1.82, 2.24) is 0 Å². The molecule has 99 valence electrons. The van der Waals surface area contributed by atoms with Gasteiger partial charge in [-0.1, -0.05) is 82.4 Å². The number of benzene rings is 1. The molecule has 1 heterocycles.